The van der Waals surface area contributed by atoms with Crippen molar-refractivity contribution in [3.8, 4) is 22.8 Å². The minimum atomic E-state index is -0.305. The predicted molar refractivity (Wildman–Crippen MR) is 98.9 cm³/mol. The molecule has 6 heteroatoms. The van der Waals surface area contributed by atoms with Gasteiger partial charge in [0.1, 0.15) is 28.5 Å². The zero-order chi connectivity index (χ0) is 18.7. The largest absolute Gasteiger partial charge is 0.496 e. The summed E-state index contributed by atoms with van der Waals surface area (Å²) >= 11 is 0. The third-order valence-electron chi connectivity index (χ3n) is 3.97. The molecule has 2 aromatic carbocycles. The van der Waals surface area contributed by atoms with Crippen LogP contribution in [0.15, 0.2) is 46.9 Å². The molecule has 1 heterocycles. The standard InChI is InChI=1S/C20H20N2O4/c1-12-19(21-13(2)26-12)14-8-10-15(11-9-14)22-20(23)18-16(24-3)6-5-7-17(18)25-4/h5-11H,1-4H3,(H,22,23). The molecule has 6 nitrogen and oxygen atoms in total. The van der Waals surface area contributed by atoms with Gasteiger partial charge >= 0.3 is 0 Å². The number of nitrogens with zero attached hydrogens (tertiary/aromatic N) is 1. The number of methoxy groups -OCH3 is 2. The Hall–Kier alpha value is -3.28. The number of oxazole rings is 1. The molecule has 3 aromatic rings. The van der Waals surface area contributed by atoms with Crippen LogP contribution in [0.25, 0.3) is 11.3 Å². The number of carbonyl (C=O) groups excluding carboxylic acids is 1. The second-order valence-corrected chi connectivity index (χ2v) is 5.71. The summed E-state index contributed by atoms with van der Waals surface area (Å²) in [7, 11) is 3.03. The first-order chi connectivity index (χ1) is 12.5. The normalized spacial score (nSPS) is 10.5. The number of anilines is 1. The fourth-order valence-electron chi connectivity index (χ4n) is 2.78. The van der Waals surface area contributed by atoms with E-state index in [2.05, 4.69) is 10.3 Å². The van der Waals surface area contributed by atoms with Gasteiger partial charge in [0.2, 0.25) is 0 Å². The van der Waals surface area contributed by atoms with Crippen LogP contribution in [0.4, 0.5) is 5.69 Å². The van der Waals surface area contributed by atoms with Crippen molar-refractivity contribution >= 4 is 11.6 Å². The summed E-state index contributed by atoms with van der Waals surface area (Å²) < 4.78 is 16.0. The van der Waals surface area contributed by atoms with Gasteiger partial charge in [0.15, 0.2) is 5.89 Å². The summed E-state index contributed by atoms with van der Waals surface area (Å²) in [4.78, 5) is 17.1. The summed E-state index contributed by atoms with van der Waals surface area (Å²) in [6.07, 6.45) is 0. The van der Waals surface area contributed by atoms with Crippen LogP contribution in [0, 0.1) is 13.8 Å². The molecule has 3 rings (SSSR count). The molecule has 1 N–H and O–H groups in total. The van der Waals surface area contributed by atoms with Crippen LogP contribution in [-0.4, -0.2) is 25.1 Å². The fourth-order valence-corrected chi connectivity index (χ4v) is 2.78. The quantitative estimate of drug-likeness (QED) is 0.744. The van der Waals surface area contributed by atoms with E-state index in [0.717, 1.165) is 17.0 Å². The number of ether oxygens (including phenoxy) is 2. The number of hydrogen-bond donors (Lipinski definition) is 1. The number of rotatable bonds is 5. The summed E-state index contributed by atoms with van der Waals surface area (Å²) in [6.45, 7) is 3.69. The Kier molecular flexibility index (Phi) is 4.93. The Morgan fingerprint density at radius 3 is 2.12 bits per heavy atom. The number of aryl methyl sites for hydroxylation is 2. The maximum atomic E-state index is 12.7. The first-order valence-electron chi connectivity index (χ1n) is 8.10. The van der Waals surface area contributed by atoms with Gasteiger partial charge in [-0.05, 0) is 31.2 Å². The van der Waals surface area contributed by atoms with E-state index >= 15 is 0 Å². The van der Waals surface area contributed by atoms with Crippen LogP contribution in [-0.2, 0) is 0 Å². The van der Waals surface area contributed by atoms with E-state index < -0.39 is 0 Å². The average molecular weight is 352 g/mol. The molecule has 0 aliphatic carbocycles. The second kappa shape index (κ2) is 7.31. The van der Waals surface area contributed by atoms with Gasteiger partial charge in [-0.3, -0.25) is 4.79 Å². The van der Waals surface area contributed by atoms with E-state index in [1.54, 1.807) is 18.2 Å². The molecule has 0 saturated heterocycles. The summed E-state index contributed by atoms with van der Waals surface area (Å²) in [5.74, 6) is 1.98. The smallest absolute Gasteiger partial charge is 0.263 e. The van der Waals surface area contributed by atoms with Crippen LogP contribution >= 0.6 is 0 Å². The van der Waals surface area contributed by atoms with Crippen molar-refractivity contribution in [3.05, 3.63) is 59.7 Å². The highest BCUT2D eigenvalue weighted by Crippen LogP contribution is 2.30. The lowest BCUT2D eigenvalue weighted by Gasteiger charge is -2.13. The van der Waals surface area contributed by atoms with Crippen LogP contribution in [0.2, 0.25) is 0 Å². The molecule has 134 valence electrons. The van der Waals surface area contributed by atoms with E-state index in [-0.39, 0.29) is 5.91 Å². The van der Waals surface area contributed by atoms with Gasteiger partial charge in [-0.1, -0.05) is 18.2 Å². The highest BCUT2D eigenvalue weighted by atomic mass is 16.5. The molecular formula is C20H20N2O4. The molecule has 0 saturated carbocycles. The maximum Gasteiger partial charge on any atom is 0.263 e. The number of aromatic nitrogens is 1. The minimum Gasteiger partial charge on any atom is -0.496 e. The lowest BCUT2D eigenvalue weighted by atomic mass is 10.1. The first-order valence-corrected chi connectivity index (χ1v) is 8.10. The van der Waals surface area contributed by atoms with Crippen molar-refractivity contribution in [3.63, 3.8) is 0 Å². The summed E-state index contributed by atoms with van der Waals surface area (Å²) in [6, 6.07) is 12.6. The third-order valence-corrected chi connectivity index (χ3v) is 3.97. The van der Waals surface area contributed by atoms with E-state index in [1.807, 2.05) is 38.1 Å². The lowest BCUT2D eigenvalue weighted by Crippen LogP contribution is -2.14. The second-order valence-electron chi connectivity index (χ2n) is 5.71. The zero-order valence-corrected chi connectivity index (χ0v) is 15.1. The number of amides is 1. The Morgan fingerprint density at radius 1 is 1.00 bits per heavy atom. The SMILES string of the molecule is COc1cccc(OC)c1C(=O)Nc1ccc(-c2nc(C)oc2C)cc1. The molecule has 0 unspecified atom stereocenters. The van der Waals surface area contributed by atoms with E-state index in [0.29, 0.717) is 28.6 Å². The van der Waals surface area contributed by atoms with Gasteiger partial charge in [0, 0.05) is 18.2 Å². The molecular weight excluding hydrogens is 332 g/mol. The lowest BCUT2D eigenvalue weighted by molar-refractivity contribution is 0.102. The van der Waals surface area contributed by atoms with Crippen molar-refractivity contribution in [2.75, 3.05) is 19.5 Å². The average Bonchev–Trinajstić information content (AvgIpc) is 2.99. The Labute approximate surface area is 151 Å². The first kappa shape index (κ1) is 17.5. The van der Waals surface area contributed by atoms with Crippen LogP contribution in [0.3, 0.4) is 0 Å². The van der Waals surface area contributed by atoms with Gasteiger partial charge in [-0.15, -0.1) is 0 Å². The molecule has 1 amide bonds. The van der Waals surface area contributed by atoms with E-state index in [4.69, 9.17) is 13.9 Å². The highest BCUT2D eigenvalue weighted by molar-refractivity contribution is 6.08. The molecule has 0 radical (unpaired) electrons. The molecule has 0 bridgehead atoms. The Balaban J connectivity index is 1.84. The number of hydrogen-bond acceptors (Lipinski definition) is 5. The topological polar surface area (TPSA) is 73.6 Å². The monoisotopic (exact) mass is 352 g/mol. The van der Waals surface area contributed by atoms with Gasteiger partial charge in [-0.2, -0.15) is 0 Å². The molecule has 0 aliphatic heterocycles. The van der Waals surface area contributed by atoms with Crippen LogP contribution < -0.4 is 14.8 Å². The van der Waals surface area contributed by atoms with Crippen molar-refractivity contribution < 1.29 is 18.7 Å². The Bertz CT molecular complexity index is 907. The fraction of sp³-hybridized carbons (Fsp3) is 0.200. The van der Waals surface area contributed by atoms with Gasteiger partial charge < -0.3 is 19.2 Å². The van der Waals surface area contributed by atoms with E-state index in [9.17, 15) is 4.79 Å². The molecule has 0 aliphatic rings. The zero-order valence-electron chi connectivity index (χ0n) is 15.1. The van der Waals surface area contributed by atoms with Gasteiger partial charge in [0.05, 0.1) is 14.2 Å². The van der Waals surface area contributed by atoms with Crippen molar-refractivity contribution in [1.82, 2.24) is 4.98 Å². The van der Waals surface area contributed by atoms with Gasteiger partial charge in [-0.25, -0.2) is 4.98 Å². The molecule has 26 heavy (non-hydrogen) atoms. The van der Waals surface area contributed by atoms with Crippen molar-refractivity contribution in [2.45, 2.75) is 13.8 Å². The van der Waals surface area contributed by atoms with Crippen molar-refractivity contribution in [1.29, 1.82) is 0 Å². The summed E-state index contributed by atoms with van der Waals surface area (Å²) in [5.41, 5.74) is 2.73. The minimum absolute atomic E-state index is 0.305. The Morgan fingerprint density at radius 2 is 1.62 bits per heavy atom. The number of benzene rings is 2. The number of carbonyl (C=O) groups is 1. The number of nitrogens with one attached hydrogen (secondary N) is 1. The predicted octanol–water partition coefficient (Wildman–Crippen LogP) is 4.23. The summed E-state index contributed by atoms with van der Waals surface area (Å²) in [5, 5.41) is 2.86. The van der Waals surface area contributed by atoms with E-state index in [1.165, 1.54) is 14.2 Å². The molecule has 0 spiro atoms. The van der Waals surface area contributed by atoms with Crippen LogP contribution in [0.5, 0.6) is 11.5 Å². The van der Waals surface area contributed by atoms with Crippen LogP contribution in [0.1, 0.15) is 22.0 Å². The molecule has 0 fully saturated rings. The highest BCUT2D eigenvalue weighted by Gasteiger charge is 2.18. The third kappa shape index (κ3) is 3.39. The molecule has 0 atom stereocenters. The van der Waals surface area contributed by atoms with Gasteiger partial charge in [0.25, 0.3) is 5.91 Å². The van der Waals surface area contributed by atoms with Crippen molar-refractivity contribution in [2.24, 2.45) is 0 Å². The molecule has 1 aromatic heterocycles. The maximum absolute atomic E-state index is 12.7.